The molecule has 0 saturated carbocycles. The molecule has 1 unspecified atom stereocenters. The van der Waals surface area contributed by atoms with Crippen LogP contribution in [0.5, 0.6) is 5.75 Å². The molecule has 0 saturated heterocycles. The Morgan fingerprint density at radius 3 is 2.58 bits per heavy atom. The maximum atomic E-state index is 13.6. The van der Waals surface area contributed by atoms with Crippen molar-refractivity contribution < 1.29 is 13.9 Å². The number of aromatic hydroxyl groups is 1. The average Bonchev–Trinajstić information content (AvgIpc) is 2.40. The summed E-state index contributed by atoms with van der Waals surface area (Å²) in [6, 6.07) is 10.7. The molecule has 4 heteroatoms. The molecule has 1 atom stereocenters. The molecule has 0 amide bonds. The summed E-state index contributed by atoms with van der Waals surface area (Å²) in [5.41, 5.74) is 0.988. The van der Waals surface area contributed by atoms with Gasteiger partial charge in [0, 0.05) is 23.7 Å². The molecule has 2 rings (SSSR count). The highest BCUT2D eigenvalue weighted by molar-refractivity contribution is 5.32. The number of nitrogens with one attached hydrogen (secondary N) is 1. The fourth-order valence-electron chi connectivity index (χ4n) is 1.89. The minimum absolute atomic E-state index is 0.182. The lowest BCUT2D eigenvalue weighted by molar-refractivity contribution is 0.452. The normalized spacial score (nSPS) is 12.4. The van der Waals surface area contributed by atoms with Crippen molar-refractivity contribution in [1.29, 1.82) is 0 Å². The summed E-state index contributed by atoms with van der Waals surface area (Å²) in [7, 11) is 0. The molecular formula is C15H15F2NO. The van der Waals surface area contributed by atoms with Crippen molar-refractivity contribution in [3.05, 3.63) is 65.2 Å². The van der Waals surface area contributed by atoms with Crippen LogP contribution in [0.3, 0.4) is 0 Å². The van der Waals surface area contributed by atoms with Gasteiger partial charge in [-0.2, -0.15) is 0 Å². The van der Waals surface area contributed by atoms with Gasteiger partial charge in [-0.25, -0.2) is 8.78 Å². The Morgan fingerprint density at radius 2 is 1.84 bits per heavy atom. The van der Waals surface area contributed by atoms with E-state index < -0.39 is 11.6 Å². The molecule has 100 valence electrons. The first kappa shape index (κ1) is 13.5. The van der Waals surface area contributed by atoms with Crippen LogP contribution in [0.15, 0.2) is 42.5 Å². The van der Waals surface area contributed by atoms with Gasteiger partial charge in [-0.15, -0.1) is 0 Å². The number of phenolic OH excluding ortho intramolecular Hbond substituents is 1. The highest BCUT2D eigenvalue weighted by Crippen LogP contribution is 2.21. The summed E-state index contributed by atoms with van der Waals surface area (Å²) in [6.07, 6.45) is 0. The van der Waals surface area contributed by atoms with Gasteiger partial charge >= 0.3 is 0 Å². The SMILES string of the molecule is CC(NCc1ccccc1O)c1cccc(F)c1F. The largest absolute Gasteiger partial charge is 0.508 e. The van der Waals surface area contributed by atoms with Crippen molar-refractivity contribution >= 4 is 0 Å². The van der Waals surface area contributed by atoms with Crippen LogP contribution >= 0.6 is 0 Å². The van der Waals surface area contributed by atoms with Crippen molar-refractivity contribution in [2.45, 2.75) is 19.5 Å². The van der Waals surface area contributed by atoms with Crippen LogP contribution in [0.1, 0.15) is 24.1 Å². The van der Waals surface area contributed by atoms with E-state index in [1.165, 1.54) is 6.07 Å². The summed E-state index contributed by atoms with van der Waals surface area (Å²) >= 11 is 0. The molecule has 2 N–H and O–H groups in total. The zero-order chi connectivity index (χ0) is 13.8. The third-order valence-electron chi connectivity index (χ3n) is 3.04. The van der Waals surface area contributed by atoms with Gasteiger partial charge in [0.2, 0.25) is 0 Å². The van der Waals surface area contributed by atoms with Crippen molar-refractivity contribution in [3.63, 3.8) is 0 Å². The van der Waals surface area contributed by atoms with E-state index in [1.54, 1.807) is 31.2 Å². The maximum Gasteiger partial charge on any atom is 0.163 e. The molecule has 0 bridgehead atoms. The molecule has 0 aliphatic heterocycles. The molecule has 0 aromatic heterocycles. The quantitative estimate of drug-likeness (QED) is 0.884. The first-order valence-electron chi connectivity index (χ1n) is 6.03. The number of halogens is 2. The van der Waals surface area contributed by atoms with E-state index in [0.717, 1.165) is 6.07 Å². The molecule has 2 nitrogen and oxygen atoms in total. The summed E-state index contributed by atoms with van der Waals surface area (Å²) in [5.74, 6) is -1.50. The molecule has 0 aliphatic rings. The minimum Gasteiger partial charge on any atom is -0.508 e. The monoisotopic (exact) mass is 263 g/mol. The second kappa shape index (κ2) is 5.80. The van der Waals surface area contributed by atoms with E-state index in [-0.39, 0.29) is 17.4 Å². The van der Waals surface area contributed by atoms with Crippen LogP contribution in [-0.2, 0) is 6.54 Å². The average molecular weight is 263 g/mol. The fraction of sp³-hybridized carbons (Fsp3) is 0.200. The van der Waals surface area contributed by atoms with Crippen molar-refractivity contribution in [1.82, 2.24) is 5.32 Å². The van der Waals surface area contributed by atoms with E-state index in [0.29, 0.717) is 12.1 Å². The molecular weight excluding hydrogens is 248 g/mol. The van der Waals surface area contributed by atoms with E-state index >= 15 is 0 Å². The molecule has 0 heterocycles. The van der Waals surface area contributed by atoms with Gasteiger partial charge in [0.15, 0.2) is 11.6 Å². The molecule has 0 fully saturated rings. The predicted octanol–water partition coefficient (Wildman–Crippen LogP) is 3.52. The Labute approximate surface area is 110 Å². The smallest absolute Gasteiger partial charge is 0.163 e. The zero-order valence-corrected chi connectivity index (χ0v) is 10.5. The second-order valence-electron chi connectivity index (χ2n) is 4.37. The molecule has 2 aromatic rings. The number of hydrogen-bond acceptors (Lipinski definition) is 2. The first-order valence-corrected chi connectivity index (χ1v) is 6.03. The van der Waals surface area contributed by atoms with Crippen LogP contribution in [0.25, 0.3) is 0 Å². The lowest BCUT2D eigenvalue weighted by Crippen LogP contribution is -2.19. The summed E-state index contributed by atoms with van der Waals surface area (Å²) < 4.78 is 26.7. The van der Waals surface area contributed by atoms with Gasteiger partial charge in [-0.3, -0.25) is 0 Å². The van der Waals surface area contributed by atoms with Crippen molar-refractivity contribution in [3.8, 4) is 5.75 Å². The molecule has 0 spiro atoms. The Morgan fingerprint density at radius 1 is 1.11 bits per heavy atom. The zero-order valence-electron chi connectivity index (χ0n) is 10.5. The first-order chi connectivity index (χ1) is 9.09. The third-order valence-corrected chi connectivity index (χ3v) is 3.04. The highest BCUT2D eigenvalue weighted by atomic mass is 19.2. The maximum absolute atomic E-state index is 13.6. The standard InChI is InChI=1S/C15H15F2NO/c1-10(12-6-4-7-13(16)15(12)17)18-9-11-5-2-3-8-14(11)19/h2-8,10,18-19H,9H2,1H3. The topological polar surface area (TPSA) is 32.3 Å². The number of hydrogen-bond donors (Lipinski definition) is 2. The van der Waals surface area contributed by atoms with Crippen molar-refractivity contribution in [2.24, 2.45) is 0 Å². The van der Waals surface area contributed by atoms with E-state index in [9.17, 15) is 13.9 Å². The Hall–Kier alpha value is -1.94. The van der Waals surface area contributed by atoms with Crippen LogP contribution in [0, 0.1) is 11.6 Å². The number of rotatable bonds is 4. The molecule has 19 heavy (non-hydrogen) atoms. The minimum atomic E-state index is -0.853. The van der Waals surface area contributed by atoms with Crippen molar-refractivity contribution in [2.75, 3.05) is 0 Å². The fourth-order valence-corrected chi connectivity index (χ4v) is 1.89. The summed E-state index contributed by atoms with van der Waals surface area (Å²) in [6.45, 7) is 2.13. The lowest BCUT2D eigenvalue weighted by Gasteiger charge is -2.15. The third kappa shape index (κ3) is 3.09. The second-order valence-corrected chi connectivity index (χ2v) is 4.37. The lowest BCUT2D eigenvalue weighted by atomic mass is 10.1. The number of para-hydroxylation sites is 1. The van der Waals surface area contributed by atoms with Crippen LogP contribution < -0.4 is 5.32 Å². The molecule has 2 aromatic carbocycles. The Bertz CT molecular complexity index is 572. The molecule has 0 radical (unpaired) electrons. The van der Waals surface area contributed by atoms with Crippen LogP contribution in [-0.4, -0.2) is 5.11 Å². The number of benzene rings is 2. The highest BCUT2D eigenvalue weighted by Gasteiger charge is 2.14. The number of phenols is 1. The van der Waals surface area contributed by atoms with Gasteiger partial charge in [-0.05, 0) is 19.1 Å². The van der Waals surface area contributed by atoms with Gasteiger partial charge in [0.25, 0.3) is 0 Å². The van der Waals surface area contributed by atoms with Gasteiger partial charge < -0.3 is 10.4 Å². The Kier molecular flexibility index (Phi) is 4.12. The van der Waals surface area contributed by atoms with Gasteiger partial charge in [0.05, 0.1) is 0 Å². The van der Waals surface area contributed by atoms with Crippen LogP contribution in [0.4, 0.5) is 8.78 Å². The van der Waals surface area contributed by atoms with E-state index in [1.807, 2.05) is 6.07 Å². The van der Waals surface area contributed by atoms with Gasteiger partial charge in [-0.1, -0.05) is 30.3 Å². The van der Waals surface area contributed by atoms with Gasteiger partial charge in [0.1, 0.15) is 5.75 Å². The van der Waals surface area contributed by atoms with E-state index in [4.69, 9.17) is 0 Å². The summed E-state index contributed by atoms with van der Waals surface area (Å²) in [4.78, 5) is 0. The predicted molar refractivity (Wildman–Crippen MR) is 69.7 cm³/mol. The van der Waals surface area contributed by atoms with Crippen LogP contribution in [0.2, 0.25) is 0 Å². The van der Waals surface area contributed by atoms with E-state index in [2.05, 4.69) is 5.32 Å². The Balaban J connectivity index is 2.08. The molecule has 0 aliphatic carbocycles. The summed E-state index contributed by atoms with van der Waals surface area (Å²) in [5, 5.41) is 12.7.